The van der Waals surface area contributed by atoms with Crippen molar-refractivity contribution in [2.24, 2.45) is 4.99 Å². The molecule has 2 heterocycles. The Balaban J connectivity index is 0.00000300. The number of nitrogens with one attached hydrogen (secondary N) is 3. The second-order valence-electron chi connectivity index (χ2n) is 6.67. The molecule has 0 bridgehead atoms. The Hall–Kier alpha value is -2.23. The average Bonchev–Trinajstić information content (AvgIpc) is 3.14. The largest absolute Gasteiger partial charge is 0.493 e. The third-order valence-electron chi connectivity index (χ3n) is 4.57. The Labute approximate surface area is 188 Å². The number of hydrogen-bond donors (Lipinski definition) is 3. The highest BCUT2D eigenvalue weighted by molar-refractivity contribution is 14.0. The van der Waals surface area contributed by atoms with E-state index in [1.165, 1.54) is 6.26 Å². The van der Waals surface area contributed by atoms with E-state index in [0.29, 0.717) is 25.5 Å². The summed E-state index contributed by atoms with van der Waals surface area (Å²) >= 11 is 0. The van der Waals surface area contributed by atoms with Crippen LogP contribution in [-0.4, -0.2) is 38.1 Å². The van der Waals surface area contributed by atoms with Crippen LogP contribution in [0, 0.1) is 6.92 Å². The van der Waals surface area contributed by atoms with Crippen LogP contribution < -0.4 is 20.7 Å². The van der Waals surface area contributed by atoms with Gasteiger partial charge in [0.2, 0.25) is 0 Å². The third-order valence-corrected chi connectivity index (χ3v) is 4.57. The summed E-state index contributed by atoms with van der Waals surface area (Å²) in [5.74, 6) is 1.89. The summed E-state index contributed by atoms with van der Waals surface area (Å²) in [7, 11) is 0. The van der Waals surface area contributed by atoms with Crippen molar-refractivity contribution >= 4 is 35.8 Å². The highest BCUT2D eigenvalue weighted by Crippen LogP contribution is 2.31. The van der Waals surface area contributed by atoms with Gasteiger partial charge < -0.3 is 25.1 Å². The van der Waals surface area contributed by atoms with Crippen LogP contribution in [0.5, 0.6) is 5.75 Å². The molecule has 7 nitrogen and oxygen atoms in total. The van der Waals surface area contributed by atoms with Crippen LogP contribution in [0.25, 0.3) is 0 Å². The molecule has 1 amide bonds. The van der Waals surface area contributed by atoms with Crippen LogP contribution in [0.4, 0.5) is 0 Å². The highest BCUT2D eigenvalue weighted by Gasteiger charge is 2.21. The van der Waals surface area contributed by atoms with Gasteiger partial charge in [-0.25, -0.2) is 0 Å². The molecule has 1 aliphatic heterocycles. The summed E-state index contributed by atoms with van der Waals surface area (Å²) in [6.45, 7) is 6.52. The van der Waals surface area contributed by atoms with E-state index in [1.807, 2.05) is 32.0 Å². The van der Waals surface area contributed by atoms with Gasteiger partial charge in [-0.05, 0) is 32.4 Å². The minimum absolute atomic E-state index is 0. The van der Waals surface area contributed by atoms with Gasteiger partial charge in [0.05, 0.1) is 18.9 Å². The number of amides is 1. The standard InChI is InChI=1S/C21H28N4O3.HI/c1-3-22-21(25-17-10-14-27-18-8-5-4-7-16(17)18)24-12-6-11-23-20(26)19-15(2)9-13-28-19;/h4-5,7-9,13,17H,3,6,10-12,14H2,1-2H3,(H,23,26)(H2,22,24,25);1H. The molecule has 0 radical (unpaired) electrons. The first-order chi connectivity index (χ1) is 13.7. The zero-order chi connectivity index (χ0) is 19.8. The zero-order valence-electron chi connectivity index (χ0n) is 16.9. The molecule has 3 rings (SSSR count). The monoisotopic (exact) mass is 512 g/mol. The zero-order valence-corrected chi connectivity index (χ0v) is 19.2. The summed E-state index contributed by atoms with van der Waals surface area (Å²) in [4.78, 5) is 16.7. The number of rotatable bonds is 7. The summed E-state index contributed by atoms with van der Waals surface area (Å²) < 4.78 is 10.9. The molecule has 1 unspecified atom stereocenters. The van der Waals surface area contributed by atoms with Crippen molar-refractivity contribution < 1.29 is 13.9 Å². The molecule has 0 aliphatic carbocycles. The first kappa shape index (κ1) is 23.1. The van der Waals surface area contributed by atoms with Crippen molar-refractivity contribution in [3.8, 4) is 5.75 Å². The molecule has 29 heavy (non-hydrogen) atoms. The number of hydrogen-bond acceptors (Lipinski definition) is 4. The number of aryl methyl sites for hydroxylation is 1. The number of para-hydroxylation sites is 1. The quantitative estimate of drug-likeness (QED) is 0.229. The fourth-order valence-corrected chi connectivity index (χ4v) is 3.13. The predicted octanol–water partition coefficient (Wildman–Crippen LogP) is 3.40. The molecule has 0 saturated heterocycles. The maximum atomic E-state index is 12.0. The molecule has 1 aromatic heterocycles. The Kier molecular flexibility index (Phi) is 9.30. The number of guanidine groups is 1. The molecule has 2 aromatic rings. The maximum Gasteiger partial charge on any atom is 0.287 e. The number of halogens is 1. The van der Waals surface area contributed by atoms with E-state index in [9.17, 15) is 4.79 Å². The van der Waals surface area contributed by atoms with Gasteiger partial charge in [0.15, 0.2) is 11.7 Å². The number of aliphatic imine (C=N–C) groups is 1. The fourth-order valence-electron chi connectivity index (χ4n) is 3.13. The Morgan fingerprint density at radius 1 is 1.24 bits per heavy atom. The molecule has 158 valence electrons. The van der Waals surface area contributed by atoms with Crippen LogP contribution in [0.2, 0.25) is 0 Å². The van der Waals surface area contributed by atoms with Crippen LogP contribution in [0.3, 0.4) is 0 Å². The van der Waals surface area contributed by atoms with Gasteiger partial charge in [0, 0.05) is 37.2 Å². The predicted molar refractivity (Wildman–Crippen MR) is 124 cm³/mol. The topological polar surface area (TPSA) is 87.9 Å². The van der Waals surface area contributed by atoms with Crippen LogP contribution in [-0.2, 0) is 0 Å². The number of furan rings is 1. The molecular formula is C21H29IN4O3. The van der Waals surface area contributed by atoms with Crippen molar-refractivity contribution in [3.63, 3.8) is 0 Å². The van der Waals surface area contributed by atoms with Gasteiger partial charge in [0.25, 0.3) is 5.91 Å². The lowest BCUT2D eigenvalue weighted by Gasteiger charge is -2.28. The third kappa shape index (κ3) is 6.38. The Bertz CT molecular complexity index is 822. The SMILES string of the molecule is CCNC(=NCCCNC(=O)c1occc1C)NC1CCOc2ccccc21.I. The van der Waals surface area contributed by atoms with Crippen molar-refractivity contribution in [1.82, 2.24) is 16.0 Å². The summed E-state index contributed by atoms with van der Waals surface area (Å²) in [5.41, 5.74) is 1.99. The number of carbonyl (C=O) groups is 1. The van der Waals surface area contributed by atoms with E-state index in [1.54, 1.807) is 6.07 Å². The van der Waals surface area contributed by atoms with Crippen LogP contribution >= 0.6 is 24.0 Å². The Morgan fingerprint density at radius 3 is 2.83 bits per heavy atom. The molecule has 0 fully saturated rings. The number of nitrogens with zero attached hydrogens (tertiary/aromatic N) is 1. The molecule has 8 heteroatoms. The second-order valence-corrected chi connectivity index (χ2v) is 6.67. The minimum Gasteiger partial charge on any atom is -0.493 e. The summed E-state index contributed by atoms with van der Waals surface area (Å²) in [6.07, 6.45) is 3.16. The lowest BCUT2D eigenvalue weighted by Crippen LogP contribution is -2.41. The number of benzene rings is 1. The van der Waals surface area contributed by atoms with E-state index in [-0.39, 0.29) is 35.9 Å². The average molecular weight is 512 g/mol. The molecule has 1 aliphatic rings. The minimum atomic E-state index is -0.185. The van der Waals surface area contributed by atoms with Crippen LogP contribution in [0.15, 0.2) is 46.0 Å². The number of ether oxygens (including phenoxy) is 1. The molecule has 0 saturated carbocycles. The maximum absolute atomic E-state index is 12.0. The lowest BCUT2D eigenvalue weighted by atomic mass is 10.0. The van der Waals surface area contributed by atoms with Gasteiger partial charge in [-0.3, -0.25) is 9.79 Å². The van der Waals surface area contributed by atoms with Gasteiger partial charge in [-0.15, -0.1) is 24.0 Å². The molecule has 0 spiro atoms. The smallest absolute Gasteiger partial charge is 0.287 e. The van der Waals surface area contributed by atoms with E-state index in [4.69, 9.17) is 9.15 Å². The van der Waals surface area contributed by atoms with Crippen molar-refractivity contribution in [3.05, 3.63) is 53.5 Å². The van der Waals surface area contributed by atoms with Crippen molar-refractivity contribution in [2.45, 2.75) is 32.7 Å². The number of carbonyl (C=O) groups excluding carboxylic acids is 1. The summed E-state index contributed by atoms with van der Waals surface area (Å²) in [6, 6.07) is 10.0. The van der Waals surface area contributed by atoms with Gasteiger partial charge >= 0.3 is 0 Å². The van der Waals surface area contributed by atoms with Gasteiger partial charge in [-0.1, -0.05) is 18.2 Å². The summed E-state index contributed by atoms with van der Waals surface area (Å²) in [5, 5.41) is 9.65. The van der Waals surface area contributed by atoms with Crippen molar-refractivity contribution in [1.29, 1.82) is 0 Å². The van der Waals surface area contributed by atoms with E-state index in [0.717, 1.165) is 42.2 Å². The molecule has 1 aromatic carbocycles. The van der Waals surface area contributed by atoms with E-state index >= 15 is 0 Å². The van der Waals surface area contributed by atoms with Gasteiger partial charge in [0.1, 0.15) is 5.75 Å². The second kappa shape index (κ2) is 11.7. The molecule has 1 atom stereocenters. The Morgan fingerprint density at radius 2 is 2.07 bits per heavy atom. The molecular weight excluding hydrogens is 483 g/mol. The normalized spacial score (nSPS) is 15.5. The van der Waals surface area contributed by atoms with Crippen molar-refractivity contribution in [2.75, 3.05) is 26.2 Å². The first-order valence-corrected chi connectivity index (χ1v) is 9.78. The fraction of sp³-hybridized carbons (Fsp3) is 0.429. The molecule has 3 N–H and O–H groups in total. The lowest BCUT2D eigenvalue weighted by molar-refractivity contribution is 0.0925. The van der Waals surface area contributed by atoms with E-state index < -0.39 is 0 Å². The van der Waals surface area contributed by atoms with Gasteiger partial charge in [-0.2, -0.15) is 0 Å². The highest BCUT2D eigenvalue weighted by atomic mass is 127. The van der Waals surface area contributed by atoms with Crippen LogP contribution in [0.1, 0.15) is 47.5 Å². The first-order valence-electron chi connectivity index (χ1n) is 9.78. The van der Waals surface area contributed by atoms with E-state index in [2.05, 4.69) is 27.0 Å². The number of fused-ring (bicyclic) bond motifs is 1.